The lowest BCUT2D eigenvalue weighted by Crippen LogP contribution is -2.14. The van der Waals surface area contributed by atoms with Crippen molar-refractivity contribution in [2.75, 3.05) is 18.1 Å². The molecule has 1 aromatic rings. The number of aliphatic hydroxyl groups is 2. The van der Waals surface area contributed by atoms with Gasteiger partial charge in [0.1, 0.15) is 0 Å². The van der Waals surface area contributed by atoms with E-state index in [-0.39, 0.29) is 6.61 Å². The first kappa shape index (κ1) is 11.4. The number of aryl methyl sites for hydroxylation is 1. The van der Waals surface area contributed by atoms with Gasteiger partial charge >= 0.3 is 0 Å². The minimum absolute atomic E-state index is 0.210. The van der Waals surface area contributed by atoms with Crippen LogP contribution in [0.4, 0.5) is 5.69 Å². The third-order valence-electron chi connectivity index (χ3n) is 1.93. The lowest BCUT2D eigenvalue weighted by Gasteiger charge is -2.09. The largest absolute Gasteiger partial charge is 0.398 e. The van der Waals surface area contributed by atoms with Gasteiger partial charge in [-0.3, -0.25) is 0 Å². The molecule has 0 saturated heterocycles. The molecule has 0 aliphatic carbocycles. The van der Waals surface area contributed by atoms with Crippen LogP contribution in [-0.4, -0.2) is 28.7 Å². The maximum atomic E-state index is 9.17. The fourth-order valence-corrected chi connectivity index (χ4v) is 1.99. The Labute approximate surface area is 87.9 Å². The average molecular weight is 213 g/mol. The van der Waals surface area contributed by atoms with Crippen molar-refractivity contribution >= 4 is 17.4 Å². The summed E-state index contributed by atoms with van der Waals surface area (Å²) in [5.74, 6) is 0.462. The summed E-state index contributed by atoms with van der Waals surface area (Å²) >= 11 is 1.46. The van der Waals surface area contributed by atoms with E-state index in [0.29, 0.717) is 5.75 Å². The lowest BCUT2D eigenvalue weighted by atomic mass is 10.2. The van der Waals surface area contributed by atoms with Gasteiger partial charge in [-0.1, -0.05) is 12.1 Å². The zero-order valence-corrected chi connectivity index (χ0v) is 8.92. The Morgan fingerprint density at radius 3 is 2.86 bits per heavy atom. The molecule has 0 aliphatic heterocycles. The van der Waals surface area contributed by atoms with E-state index in [2.05, 4.69) is 0 Å². The number of rotatable bonds is 4. The molecule has 0 spiro atoms. The summed E-state index contributed by atoms with van der Waals surface area (Å²) in [5, 5.41) is 17.8. The van der Waals surface area contributed by atoms with Gasteiger partial charge in [0.05, 0.1) is 12.7 Å². The molecule has 1 rings (SSSR count). The number of aliphatic hydroxyl groups excluding tert-OH is 2. The Morgan fingerprint density at radius 2 is 2.21 bits per heavy atom. The van der Waals surface area contributed by atoms with Crippen LogP contribution < -0.4 is 5.73 Å². The van der Waals surface area contributed by atoms with Crippen molar-refractivity contribution < 1.29 is 10.2 Å². The number of benzene rings is 1. The predicted octanol–water partition coefficient (Wildman–Crippen LogP) is 1.02. The van der Waals surface area contributed by atoms with Crippen LogP contribution in [0.1, 0.15) is 5.56 Å². The highest BCUT2D eigenvalue weighted by molar-refractivity contribution is 7.99. The van der Waals surface area contributed by atoms with Crippen LogP contribution in [0, 0.1) is 6.92 Å². The summed E-state index contributed by atoms with van der Waals surface area (Å²) in [4.78, 5) is 0.956. The molecule has 78 valence electrons. The molecule has 0 aliphatic rings. The topological polar surface area (TPSA) is 66.5 Å². The first-order valence-corrected chi connectivity index (χ1v) is 5.40. The molecule has 0 heterocycles. The van der Waals surface area contributed by atoms with Crippen molar-refractivity contribution in [3.63, 3.8) is 0 Å². The van der Waals surface area contributed by atoms with E-state index in [1.807, 2.05) is 25.1 Å². The SMILES string of the molecule is Cc1cccc(SCC(O)CO)c1N. The van der Waals surface area contributed by atoms with Crippen molar-refractivity contribution in [2.24, 2.45) is 0 Å². The molecule has 14 heavy (non-hydrogen) atoms. The number of hydrogen-bond donors (Lipinski definition) is 3. The Balaban J connectivity index is 2.63. The van der Waals surface area contributed by atoms with Crippen molar-refractivity contribution in [3.05, 3.63) is 23.8 Å². The highest BCUT2D eigenvalue weighted by atomic mass is 32.2. The first-order chi connectivity index (χ1) is 6.65. The molecule has 4 heteroatoms. The van der Waals surface area contributed by atoms with Gasteiger partial charge in [-0.15, -0.1) is 11.8 Å². The summed E-state index contributed by atoms with van der Waals surface area (Å²) in [6.07, 6.45) is -0.681. The van der Waals surface area contributed by atoms with Crippen LogP contribution in [0.2, 0.25) is 0 Å². The van der Waals surface area contributed by atoms with Gasteiger partial charge in [0.25, 0.3) is 0 Å². The second kappa shape index (κ2) is 5.24. The Kier molecular flexibility index (Phi) is 4.25. The lowest BCUT2D eigenvalue weighted by molar-refractivity contribution is 0.113. The van der Waals surface area contributed by atoms with E-state index in [9.17, 15) is 0 Å². The van der Waals surface area contributed by atoms with Crippen molar-refractivity contribution in [2.45, 2.75) is 17.9 Å². The fraction of sp³-hybridized carbons (Fsp3) is 0.400. The van der Waals surface area contributed by atoms with Gasteiger partial charge in [0.2, 0.25) is 0 Å². The van der Waals surface area contributed by atoms with Gasteiger partial charge in [-0.05, 0) is 18.6 Å². The molecule has 4 N–H and O–H groups in total. The van der Waals surface area contributed by atoms with Crippen LogP contribution >= 0.6 is 11.8 Å². The predicted molar refractivity (Wildman–Crippen MR) is 59.4 cm³/mol. The van der Waals surface area contributed by atoms with E-state index in [0.717, 1.165) is 16.1 Å². The first-order valence-electron chi connectivity index (χ1n) is 4.42. The van der Waals surface area contributed by atoms with Gasteiger partial charge in [-0.25, -0.2) is 0 Å². The summed E-state index contributed by atoms with van der Waals surface area (Å²) in [6, 6.07) is 5.79. The molecule has 0 amide bonds. The molecular weight excluding hydrogens is 198 g/mol. The third-order valence-corrected chi connectivity index (χ3v) is 3.14. The van der Waals surface area contributed by atoms with Crippen LogP contribution in [-0.2, 0) is 0 Å². The molecule has 3 nitrogen and oxygen atoms in total. The molecule has 1 unspecified atom stereocenters. The van der Waals surface area contributed by atoms with Gasteiger partial charge < -0.3 is 15.9 Å². The number of para-hydroxylation sites is 1. The van der Waals surface area contributed by atoms with Gasteiger partial charge in [0.15, 0.2) is 0 Å². The van der Waals surface area contributed by atoms with E-state index in [1.165, 1.54) is 11.8 Å². The van der Waals surface area contributed by atoms with E-state index in [4.69, 9.17) is 15.9 Å². The minimum Gasteiger partial charge on any atom is -0.398 e. The molecule has 0 fully saturated rings. The number of nitrogens with two attached hydrogens (primary N) is 1. The van der Waals surface area contributed by atoms with Crippen LogP contribution in [0.3, 0.4) is 0 Å². The Hall–Kier alpha value is -0.710. The number of nitrogen functional groups attached to an aromatic ring is 1. The summed E-state index contributed by atoms with van der Waals surface area (Å²) in [7, 11) is 0. The number of thioether (sulfide) groups is 1. The van der Waals surface area contributed by atoms with E-state index in [1.54, 1.807) is 0 Å². The highest BCUT2D eigenvalue weighted by Crippen LogP contribution is 2.27. The second-order valence-corrected chi connectivity index (χ2v) is 4.20. The summed E-state index contributed by atoms with van der Waals surface area (Å²) < 4.78 is 0. The summed E-state index contributed by atoms with van der Waals surface area (Å²) in [6.45, 7) is 1.74. The van der Waals surface area contributed by atoms with Crippen molar-refractivity contribution in [1.29, 1.82) is 0 Å². The van der Waals surface area contributed by atoms with Crippen molar-refractivity contribution in [3.8, 4) is 0 Å². The second-order valence-electron chi connectivity index (χ2n) is 3.13. The summed E-state index contributed by atoms with van der Waals surface area (Å²) in [5.41, 5.74) is 7.63. The molecule has 1 aromatic carbocycles. The Bertz CT molecular complexity index is 304. The number of anilines is 1. The molecule has 0 radical (unpaired) electrons. The monoisotopic (exact) mass is 213 g/mol. The fourth-order valence-electron chi connectivity index (χ4n) is 1.02. The standard InChI is InChI=1S/C10H15NO2S/c1-7-3-2-4-9(10(7)11)14-6-8(13)5-12/h2-4,8,12-13H,5-6,11H2,1H3. The van der Waals surface area contributed by atoms with E-state index >= 15 is 0 Å². The maximum Gasteiger partial charge on any atom is 0.0864 e. The average Bonchev–Trinajstić information content (AvgIpc) is 2.20. The van der Waals surface area contributed by atoms with Crippen molar-refractivity contribution in [1.82, 2.24) is 0 Å². The van der Waals surface area contributed by atoms with Gasteiger partial charge in [0, 0.05) is 16.3 Å². The normalized spacial score (nSPS) is 12.8. The zero-order valence-electron chi connectivity index (χ0n) is 8.10. The quantitative estimate of drug-likeness (QED) is 0.516. The number of hydrogen-bond acceptors (Lipinski definition) is 4. The molecule has 1 atom stereocenters. The highest BCUT2D eigenvalue weighted by Gasteiger charge is 2.06. The third kappa shape index (κ3) is 2.90. The van der Waals surface area contributed by atoms with Gasteiger partial charge in [-0.2, -0.15) is 0 Å². The molecule has 0 aromatic heterocycles. The van der Waals surface area contributed by atoms with Crippen LogP contribution in [0.5, 0.6) is 0 Å². The maximum absolute atomic E-state index is 9.17. The van der Waals surface area contributed by atoms with Crippen LogP contribution in [0.25, 0.3) is 0 Å². The molecular formula is C10H15NO2S. The smallest absolute Gasteiger partial charge is 0.0864 e. The Morgan fingerprint density at radius 1 is 1.50 bits per heavy atom. The molecule has 0 bridgehead atoms. The minimum atomic E-state index is -0.681. The van der Waals surface area contributed by atoms with E-state index < -0.39 is 6.10 Å². The molecule has 0 saturated carbocycles. The zero-order chi connectivity index (χ0) is 10.6. The van der Waals surface area contributed by atoms with Crippen LogP contribution in [0.15, 0.2) is 23.1 Å².